The van der Waals surface area contributed by atoms with Gasteiger partial charge in [-0.05, 0) is 43.2 Å². The van der Waals surface area contributed by atoms with Gasteiger partial charge in [-0.2, -0.15) is 0 Å². The van der Waals surface area contributed by atoms with Crippen LogP contribution < -0.4 is 5.32 Å². The normalized spacial score (nSPS) is 10.5. The first-order valence-corrected chi connectivity index (χ1v) is 6.69. The monoisotopic (exact) mass is 308 g/mol. The molecule has 0 radical (unpaired) electrons. The van der Waals surface area contributed by atoms with Gasteiger partial charge in [0.05, 0.1) is 4.92 Å². The third-order valence-electron chi connectivity index (χ3n) is 3.29. The minimum Gasteiger partial charge on any atom is -0.375 e. The van der Waals surface area contributed by atoms with Gasteiger partial charge in [0.25, 0.3) is 5.69 Å². The van der Waals surface area contributed by atoms with Gasteiger partial charge in [-0.15, -0.1) is 0 Å². The molecule has 0 atom stereocenters. The molecular formula is C15H14ClFN2O2. The third kappa shape index (κ3) is 3.49. The maximum absolute atomic E-state index is 13.7. The van der Waals surface area contributed by atoms with E-state index in [0.717, 1.165) is 11.1 Å². The molecule has 1 N–H and O–H groups in total. The van der Waals surface area contributed by atoms with Crippen LogP contribution in [-0.2, 0) is 6.54 Å². The van der Waals surface area contributed by atoms with Crippen molar-refractivity contribution in [3.8, 4) is 0 Å². The Kier molecular flexibility index (Phi) is 4.43. The zero-order valence-electron chi connectivity index (χ0n) is 11.6. The fourth-order valence-electron chi connectivity index (χ4n) is 1.95. The van der Waals surface area contributed by atoms with Gasteiger partial charge < -0.3 is 5.32 Å². The van der Waals surface area contributed by atoms with Crippen LogP contribution in [0.3, 0.4) is 0 Å². The van der Waals surface area contributed by atoms with E-state index in [1.807, 2.05) is 13.8 Å². The molecule has 0 aromatic heterocycles. The van der Waals surface area contributed by atoms with Crippen LogP contribution in [0.4, 0.5) is 15.8 Å². The summed E-state index contributed by atoms with van der Waals surface area (Å²) in [6.45, 7) is 3.82. The molecule has 0 aliphatic heterocycles. The molecule has 0 amide bonds. The average Bonchev–Trinajstić information content (AvgIpc) is 2.41. The zero-order chi connectivity index (χ0) is 15.6. The van der Waals surface area contributed by atoms with Gasteiger partial charge in [0, 0.05) is 23.2 Å². The van der Waals surface area contributed by atoms with E-state index in [1.54, 1.807) is 18.2 Å². The summed E-state index contributed by atoms with van der Waals surface area (Å²) in [6.07, 6.45) is 0. The van der Waals surface area contributed by atoms with Crippen LogP contribution in [-0.4, -0.2) is 4.92 Å². The van der Waals surface area contributed by atoms with E-state index in [-0.39, 0.29) is 12.2 Å². The Balaban J connectivity index is 2.27. The number of anilines is 1. The van der Waals surface area contributed by atoms with Crippen LogP contribution in [0.1, 0.15) is 16.7 Å². The Morgan fingerprint density at radius 1 is 1.24 bits per heavy atom. The number of nitrogens with zero attached hydrogens (tertiary/aromatic N) is 1. The summed E-state index contributed by atoms with van der Waals surface area (Å²) >= 11 is 5.69. The smallest absolute Gasteiger partial charge is 0.292 e. The fourth-order valence-corrected chi connectivity index (χ4v) is 2.11. The van der Waals surface area contributed by atoms with Crippen molar-refractivity contribution in [1.29, 1.82) is 0 Å². The third-order valence-corrected chi connectivity index (χ3v) is 3.53. The Labute approximate surface area is 126 Å². The first-order chi connectivity index (χ1) is 9.88. The molecule has 0 aliphatic rings. The molecular weight excluding hydrogens is 295 g/mol. The highest BCUT2D eigenvalue weighted by Crippen LogP contribution is 2.28. The standard InChI is InChI=1S/C15H14ClFN2O2/c1-9-5-14(15(19(20)21)6-10(9)2)18-8-11-3-4-12(16)7-13(11)17/h3-7,18H,8H2,1-2H3. The summed E-state index contributed by atoms with van der Waals surface area (Å²) in [6, 6.07) is 7.55. The van der Waals surface area contributed by atoms with Crippen LogP contribution >= 0.6 is 11.6 Å². The topological polar surface area (TPSA) is 55.2 Å². The number of halogens is 2. The summed E-state index contributed by atoms with van der Waals surface area (Å²) in [7, 11) is 0. The second-order valence-corrected chi connectivity index (χ2v) is 5.24. The highest BCUT2D eigenvalue weighted by molar-refractivity contribution is 6.30. The van der Waals surface area contributed by atoms with E-state index < -0.39 is 10.7 Å². The van der Waals surface area contributed by atoms with Crippen molar-refractivity contribution in [1.82, 2.24) is 0 Å². The molecule has 4 nitrogen and oxygen atoms in total. The van der Waals surface area contributed by atoms with Crippen LogP contribution in [0, 0.1) is 29.8 Å². The van der Waals surface area contributed by atoms with E-state index in [4.69, 9.17) is 11.6 Å². The highest BCUT2D eigenvalue weighted by Gasteiger charge is 2.15. The lowest BCUT2D eigenvalue weighted by Crippen LogP contribution is -2.05. The number of rotatable bonds is 4. The maximum Gasteiger partial charge on any atom is 0.292 e. The molecule has 0 fully saturated rings. The van der Waals surface area contributed by atoms with Crippen molar-refractivity contribution in [2.45, 2.75) is 20.4 Å². The SMILES string of the molecule is Cc1cc(NCc2ccc(Cl)cc2F)c([N+](=O)[O-])cc1C. The van der Waals surface area contributed by atoms with E-state index in [0.29, 0.717) is 16.3 Å². The predicted molar refractivity (Wildman–Crippen MR) is 81.3 cm³/mol. The molecule has 21 heavy (non-hydrogen) atoms. The van der Waals surface area contributed by atoms with Crippen molar-refractivity contribution in [2.75, 3.05) is 5.32 Å². The average molecular weight is 309 g/mol. The van der Waals surface area contributed by atoms with Crippen molar-refractivity contribution >= 4 is 23.0 Å². The predicted octanol–water partition coefficient (Wildman–Crippen LogP) is 4.62. The maximum atomic E-state index is 13.7. The summed E-state index contributed by atoms with van der Waals surface area (Å²) in [5.74, 6) is -0.443. The van der Waals surface area contributed by atoms with E-state index >= 15 is 0 Å². The first-order valence-electron chi connectivity index (χ1n) is 6.32. The molecule has 0 saturated heterocycles. The zero-order valence-corrected chi connectivity index (χ0v) is 12.4. The minimum absolute atomic E-state index is 0.0209. The van der Waals surface area contributed by atoms with Crippen LogP contribution in [0.2, 0.25) is 5.02 Å². The van der Waals surface area contributed by atoms with Crippen LogP contribution in [0.15, 0.2) is 30.3 Å². The van der Waals surface area contributed by atoms with E-state index in [2.05, 4.69) is 5.32 Å². The molecule has 0 heterocycles. The van der Waals surface area contributed by atoms with Gasteiger partial charge in [-0.1, -0.05) is 17.7 Å². The number of nitrogens with one attached hydrogen (secondary N) is 1. The Morgan fingerprint density at radius 2 is 1.90 bits per heavy atom. The summed E-state index contributed by atoms with van der Waals surface area (Å²) < 4.78 is 13.7. The molecule has 110 valence electrons. The molecule has 6 heteroatoms. The number of nitro benzene ring substituents is 1. The lowest BCUT2D eigenvalue weighted by molar-refractivity contribution is -0.384. The molecule has 0 bridgehead atoms. The second kappa shape index (κ2) is 6.10. The number of hydrogen-bond acceptors (Lipinski definition) is 3. The Bertz CT molecular complexity index is 704. The fraction of sp³-hybridized carbons (Fsp3) is 0.200. The van der Waals surface area contributed by atoms with Crippen molar-refractivity contribution < 1.29 is 9.31 Å². The molecule has 0 saturated carbocycles. The lowest BCUT2D eigenvalue weighted by atomic mass is 10.1. The number of nitro groups is 1. The quantitative estimate of drug-likeness (QED) is 0.662. The van der Waals surface area contributed by atoms with Gasteiger partial charge in [0.2, 0.25) is 0 Å². The van der Waals surface area contributed by atoms with E-state index in [9.17, 15) is 14.5 Å². The lowest BCUT2D eigenvalue weighted by Gasteiger charge is -2.10. The molecule has 2 aromatic rings. The van der Waals surface area contributed by atoms with Crippen molar-refractivity contribution in [2.24, 2.45) is 0 Å². The van der Waals surface area contributed by atoms with Gasteiger partial charge >= 0.3 is 0 Å². The number of hydrogen-bond donors (Lipinski definition) is 1. The van der Waals surface area contributed by atoms with Gasteiger partial charge in [-0.25, -0.2) is 4.39 Å². The summed E-state index contributed by atoms with van der Waals surface area (Å²) in [4.78, 5) is 10.6. The van der Waals surface area contributed by atoms with Crippen molar-refractivity contribution in [3.63, 3.8) is 0 Å². The molecule has 2 rings (SSSR count). The Morgan fingerprint density at radius 3 is 2.52 bits per heavy atom. The molecule has 0 aliphatic carbocycles. The molecule has 0 unspecified atom stereocenters. The second-order valence-electron chi connectivity index (χ2n) is 4.80. The van der Waals surface area contributed by atoms with Crippen LogP contribution in [0.5, 0.6) is 0 Å². The minimum atomic E-state index is -0.451. The summed E-state index contributed by atoms with van der Waals surface area (Å²) in [5, 5.41) is 14.3. The number of benzene rings is 2. The van der Waals surface area contributed by atoms with Gasteiger partial charge in [0.15, 0.2) is 0 Å². The largest absolute Gasteiger partial charge is 0.375 e. The molecule has 0 spiro atoms. The van der Waals surface area contributed by atoms with E-state index in [1.165, 1.54) is 12.1 Å². The van der Waals surface area contributed by atoms with Crippen molar-refractivity contribution in [3.05, 3.63) is 68.0 Å². The Hall–Kier alpha value is -2.14. The molecule has 2 aromatic carbocycles. The highest BCUT2D eigenvalue weighted by atomic mass is 35.5. The first kappa shape index (κ1) is 15.3. The van der Waals surface area contributed by atoms with Gasteiger partial charge in [0.1, 0.15) is 11.5 Å². The van der Waals surface area contributed by atoms with Gasteiger partial charge in [-0.3, -0.25) is 10.1 Å². The van der Waals surface area contributed by atoms with Crippen LogP contribution in [0.25, 0.3) is 0 Å². The summed E-state index contributed by atoms with van der Waals surface area (Å²) in [5.41, 5.74) is 2.52. The number of aryl methyl sites for hydroxylation is 2.